The predicted molar refractivity (Wildman–Crippen MR) is 88.3 cm³/mol. The number of hydrogen-bond donors (Lipinski definition) is 0. The van der Waals surface area contributed by atoms with Crippen molar-refractivity contribution in [3.05, 3.63) is 23.9 Å². The van der Waals surface area contributed by atoms with E-state index >= 15 is 0 Å². The van der Waals surface area contributed by atoms with Gasteiger partial charge in [-0.2, -0.15) is 4.31 Å². The van der Waals surface area contributed by atoms with Crippen molar-refractivity contribution in [3.63, 3.8) is 0 Å². The zero-order chi connectivity index (χ0) is 17.1. The van der Waals surface area contributed by atoms with Crippen LogP contribution in [0.3, 0.4) is 0 Å². The molecule has 0 N–H and O–H groups in total. The molecule has 1 rings (SSSR count). The van der Waals surface area contributed by atoms with Gasteiger partial charge in [0.05, 0.1) is 12.8 Å². The summed E-state index contributed by atoms with van der Waals surface area (Å²) in [5.41, 5.74) is 0.672. The van der Waals surface area contributed by atoms with E-state index < -0.39 is 10.0 Å². The predicted octanol–water partition coefficient (Wildman–Crippen LogP) is 1.66. The van der Waals surface area contributed by atoms with E-state index in [1.54, 1.807) is 11.0 Å². The van der Waals surface area contributed by atoms with E-state index in [0.29, 0.717) is 12.4 Å². The molecule has 0 aliphatic heterocycles. The molecule has 1 heterocycles. The molecule has 0 bridgehead atoms. The highest BCUT2D eigenvalue weighted by molar-refractivity contribution is 7.88. The Morgan fingerprint density at radius 2 is 1.86 bits per heavy atom. The van der Waals surface area contributed by atoms with Crippen LogP contribution in [0.15, 0.2) is 18.2 Å². The first kappa shape index (κ1) is 18.6. The summed E-state index contributed by atoms with van der Waals surface area (Å²) in [4.78, 5) is 18.5. The smallest absolute Gasteiger partial charge is 0.243 e. The van der Waals surface area contributed by atoms with Crippen LogP contribution in [0.4, 0.5) is 5.82 Å². The van der Waals surface area contributed by atoms with Crippen LogP contribution < -0.4 is 4.90 Å². The Hall–Kier alpha value is -1.47. The largest absolute Gasteiger partial charge is 0.295 e. The zero-order valence-corrected chi connectivity index (χ0v) is 14.9. The molecule has 124 valence electrons. The summed E-state index contributed by atoms with van der Waals surface area (Å²) in [6.07, 6.45) is 1.08. The van der Waals surface area contributed by atoms with Crippen molar-refractivity contribution in [2.24, 2.45) is 5.41 Å². The second-order valence-electron chi connectivity index (χ2n) is 6.70. The molecule has 1 amide bonds. The van der Waals surface area contributed by atoms with Crippen molar-refractivity contribution in [1.29, 1.82) is 0 Å². The van der Waals surface area contributed by atoms with Crippen LogP contribution in [0.5, 0.6) is 0 Å². The van der Waals surface area contributed by atoms with Crippen LogP contribution in [-0.4, -0.2) is 50.0 Å². The van der Waals surface area contributed by atoms with Gasteiger partial charge in [0.15, 0.2) is 0 Å². The average Bonchev–Trinajstić information content (AvgIpc) is 2.33. The van der Waals surface area contributed by atoms with Crippen LogP contribution in [0.2, 0.25) is 0 Å². The quantitative estimate of drug-likeness (QED) is 0.824. The van der Waals surface area contributed by atoms with Gasteiger partial charge >= 0.3 is 0 Å². The Bertz CT molecular complexity index is 636. The highest BCUT2D eigenvalue weighted by Crippen LogP contribution is 2.21. The van der Waals surface area contributed by atoms with Gasteiger partial charge in [0.25, 0.3) is 0 Å². The minimum Gasteiger partial charge on any atom is -0.295 e. The van der Waals surface area contributed by atoms with Crippen molar-refractivity contribution >= 4 is 21.7 Å². The monoisotopic (exact) mass is 327 g/mol. The van der Waals surface area contributed by atoms with E-state index in [1.165, 1.54) is 7.05 Å². The number of carbonyl (C=O) groups excluding carboxylic acids is 1. The number of carbonyl (C=O) groups is 1. The first-order valence-electron chi connectivity index (χ1n) is 7.05. The Labute approximate surface area is 133 Å². The summed E-state index contributed by atoms with van der Waals surface area (Å²) in [5.74, 6) is 0.253. The van der Waals surface area contributed by atoms with Crippen LogP contribution in [0.25, 0.3) is 0 Å². The van der Waals surface area contributed by atoms with Crippen molar-refractivity contribution in [3.8, 4) is 0 Å². The third kappa shape index (κ3) is 5.73. The van der Waals surface area contributed by atoms with E-state index in [4.69, 9.17) is 0 Å². The fourth-order valence-corrected chi connectivity index (χ4v) is 2.19. The molecule has 1 aromatic heterocycles. The van der Waals surface area contributed by atoms with E-state index in [9.17, 15) is 13.2 Å². The first-order chi connectivity index (χ1) is 9.90. The summed E-state index contributed by atoms with van der Waals surface area (Å²) >= 11 is 0. The fraction of sp³-hybridized carbons (Fsp3) is 0.600. The molecule has 0 unspecified atom stereocenters. The molecule has 7 heteroatoms. The standard InChI is InChI=1S/C15H25N3O3S/c1-12-8-7-9-13(16-12)18(11-15(2,3)4)14(19)10-17(5)22(6,20)21/h7-9H,10-11H2,1-6H3. The number of anilines is 1. The Morgan fingerprint density at radius 3 is 2.32 bits per heavy atom. The maximum Gasteiger partial charge on any atom is 0.243 e. The topological polar surface area (TPSA) is 70.6 Å². The minimum absolute atomic E-state index is 0.134. The third-order valence-electron chi connectivity index (χ3n) is 3.01. The van der Waals surface area contributed by atoms with Crippen molar-refractivity contribution in [2.75, 3.05) is 31.3 Å². The molecule has 0 aromatic carbocycles. The average molecular weight is 327 g/mol. The second-order valence-corrected chi connectivity index (χ2v) is 8.79. The molecule has 0 spiro atoms. The lowest BCUT2D eigenvalue weighted by atomic mass is 9.96. The molecule has 0 fully saturated rings. The van der Waals surface area contributed by atoms with Crippen LogP contribution >= 0.6 is 0 Å². The fourth-order valence-electron chi connectivity index (χ4n) is 1.84. The highest BCUT2D eigenvalue weighted by Gasteiger charge is 2.26. The van der Waals surface area contributed by atoms with Crippen LogP contribution in [0.1, 0.15) is 26.5 Å². The SMILES string of the molecule is Cc1cccc(N(CC(C)(C)C)C(=O)CN(C)S(C)(=O)=O)n1. The van der Waals surface area contributed by atoms with Gasteiger partial charge in [-0.3, -0.25) is 9.69 Å². The highest BCUT2D eigenvalue weighted by atomic mass is 32.2. The molecule has 6 nitrogen and oxygen atoms in total. The van der Waals surface area contributed by atoms with Crippen molar-refractivity contribution < 1.29 is 13.2 Å². The summed E-state index contributed by atoms with van der Waals surface area (Å²) < 4.78 is 24.1. The lowest BCUT2D eigenvalue weighted by Crippen LogP contribution is -2.44. The van der Waals surface area contributed by atoms with Gasteiger partial charge in [0.2, 0.25) is 15.9 Å². The number of aromatic nitrogens is 1. The molecule has 22 heavy (non-hydrogen) atoms. The first-order valence-corrected chi connectivity index (χ1v) is 8.90. The molecule has 0 saturated heterocycles. The number of aryl methyl sites for hydroxylation is 1. The van der Waals surface area contributed by atoms with Gasteiger partial charge in [-0.15, -0.1) is 0 Å². The van der Waals surface area contributed by atoms with E-state index in [2.05, 4.69) is 4.98 Å². The number of amides is 1. The molecule has 0 radical (unpaired) electrons. The second kappa shape index (κ2) is 6.75. The minimum atomic E-state index is -3.40. The molecule has 0 atom stereocenters. The summed E-state index contributed by atoms with van der Waals surface area (Å²) in [6.45, 7) is 8.16. The number of nitrogens with zero attached hydrogens (tertiary/aromatic N) is 3. The van der Waals surface area contributed by atoms with Gasteiger partial charge < -0.3 is 0 Å². The Balaban J connectivity index is 3.08. The molecular weight excluding hydrogens is 302 g/mol. The van der Waals surface area contributed by atoms with Crippen LogP contribution in [0, 0.1) is 12.3 Å². The molecular formula is C15H25N3O3S. The van der Waals surface area contributed by atoms with Gasteiger partial charge in [0.1, 0.15) is 5.82 Å². The lowest BCUT2D eigenvalue weighted by Gasteiger charge is -2.30. The third-order valence-corrected chi connectivity index (χ3v) is 4.27. The Kier molecular flexibility index (Phi) is 5.70. The maximum absolute atomic E-state index is 12.6. The summed E-state index contributed by atoms with van der Waals surface area (Å²) in [7, 11) is -2.01. The van der Waals surface area contributed by atoms with E-state index in [0.717, 1.165) is 16.3 Å². The normalized spacial score (nSPS) is 12.5. The maximum atomic E-state index is 12.6. The van der Waals surface area contributed by atoms with Gasteiger partial charge in [-0.1, -0.05) is 26.8 Å². The molecule has 0 saturated carbocycles. The molecule has 0 aliphatic rings. The zero-order valence-electron chi connectivity index (χ0n) is 14.1. The Morgan fingerprint density at radius 1 is 1.27 bits per heavy atom. The van der Waals surface area contributed by atoms with E-state index in [-0.39, 0.29) is 17.9 Å². The summed E-state index contributed by atoms with van der Waals surface area (Å²) in [5, 5.41) is 0. The number of pyridine rings is 1. The molecule has 1 aromatic rings. The number of rotatable bonds is 5. The van der Waals surface area contributed by atoms with Gasteiger partial charge in [0, 0.05) is 19.3 Å². The molecule has 0 aliphatic carbocycles. The van der Waals surface area contributed by atoms with Crippen molar-refractivity contribution in [1.82, 2.24) is 9.29 Å². The van der Waals surface area contributed by atoms with Crippen molar-refractivity contribution in [2.45, 2.75) is 27.7 Å². The number of likely N-dealkylation sites (N-methyl/N-ethyl adjacent to an activating group) is 1. The summed E-state index contributed by atoms with van der Waals surface area (Å²) in [6, 6.07) is 5.45. The lowest BCUT2D eigenvalue weighted by molar-refractivity contribution is -0.119. The number of hydrogen-bond acceptors (Lipinski definition) is 4. The number of sulfonamides is 1. The van der Waals surface area contributed by atoms with Gasteiger partial charge in [-0.25, -0.2) is 13.4 Å². The van der Waals surface area contributed by atoms with Crippen LogP contribution in [-0.2, 0) is 14.8 Å². The van der Waals surface area contributed by atoms with E-state index in [1.807, 2.05) is 39.8 Å². The van der Waals surface area contributed by atoms with Gasteiger partial charge in [-0.05, 0) is 24.5 Å².